The Balaban J connectivity index is 2.44. The van der Waals surface area contributed by atoms with E-state index < -0.39 is 0 Å². The highest BCUT2D eigenvalue weighted by atomic mass is 32.1. The van der Waals surface area contributed by atoms with Crippen LogP contribution in [0.25, 0.3) is 0 Å². The molecular weight excluding hydrogens is 242 g/mol. The molecule has 0 radical (unpaired) electrons. The molecule has 0 aromatic heterocycles. The summed E-state index contributed by atoms with van der Waals surface area (Å²) in [6, 6.07) is 0. The summed E-state index contributed by atoms with van der Waals surface area (Å²) in [6.45, 7) is 14.5. The summed E-state index contributed by atoms with van der Waals surface area (Å²) in [4.78, 5) is 5.61. The molecular formula is C14H29N3S. The maximum Gasteiger partial charge on any atom is 0.0928 e. The Morgan fingerprint density at radius 2 is 1.67 bits per heavy atom. The van der Waals surface area contributed by atoms with Gasteiger partial charge in [-0.05, 0) is 19.8 Å². The molecule has 1 fully saturated rings. The summed E-state index contributed by atoms with van der Waals surface area (Å²) >= 11 is 5.17. The fourth-order valence-electron chi connectivity index (χ4n) is 2.56. The lowest BCUT2D eigenvalue weighted by atomic mass is 10.00. The zero-order valence-corrected chi connectivity index (χ0v) is 13.2. The zero-order chi connectivity index (χ0) is 13.8. The van der Waals surface area contributed by atoms with Crippen molar-refractivity contribution < 1.29 is 0 Å². The van der Waals surface area contributed by atoms with Crippen LogP contribution in [0.15, 0.2) is 0 Å². The topological polar surface area (TPSA) is 32.5 Å². The number of nitrogens with two attached hydrogens (primary N) is 1. The minimum Gasteiger partial charge on any atom is -0.392 e. The van der Waals surface area contributed by atoms with Crippen molar-refractivity contribution in [3.63, 3.8) is 0 Å². The van der Waals surface area contributed by atoms with Crippen molar-refractivity contribution in [1.82, 2.24) is 9.80 Å². The number of hydrogen-bond acceptors (Lipinski definition) is 3. The predicted octanol–water partition coefficient (Wildman–Crippen LogP) is 2.10. The van der Waals surface area contributed by atoms with Crippen molar-refractivity contribution in [2.75, 3.05) is 32.7 Å². The summed E-state index contributed by atoms with van der Waals surface area (Å²) in [7, 11) is 0. The van der Waals surface area contributed by atoms with Crippen LogP contribution >= 0.6 is 12.2 Å². The van der Waals surface area contributed by atoms with Crippen molar-refractivity contribution in [2.24, 2.45) is 11.7 Å². The normalized spacial score (nSPS) is 19.4. The first-order valence-electron chi connectivity index (χ1n) is 7.19. The summed E-state index contributed by atoms with van der Waals surface area (Å²) in [5.74, 6) is 0.847. The first kappa shape index (κ1) is 15.9. The highest BCUT2D eigenvalue weighted by molar-refractivity contribution is 7.80. The number of nitrogens with zero attached hydrogens (tertiary/aromatic N) is 2. The standard InChI is InChI=1S/C14H29N3S/c1-5-12(6-2)11-16-7-9-17(10-8-16)14(3,4)13(15)18/h12H,5-11H2,1-4H3,(H2,15,18). The first-order chi connectivity index (χ1) is 8.41. The average Bonchev–Trinajstić information content (AvgIpc) is 2.36. The van der Waals surface area contributed by atoms with Crippen LogP contribution in [-0.4, -0.2) is 53.1 Å². The molecule has 2 N–H and O–H groups in total. The van der Waals surface area contributed by atoms with E-state index in [2.05, 4.69) is 37.5 Å². The Labute approximate surface area is 118 Å². The van der Waals surface area contributed by atoms with Crippen LogP contribution in [0.3, 0.4) is 0 Å². The van der Waals surface area contributed by atoms with Crippen LogP contribution in [0.4, 0.5) is 0 Å². The van der Waals surface area contributed by atoms with Gasteiger partial charge in [0.2, 0.25) is 0 Å². The Morgan fingerprint density at radius 3 is 2.06 bits per heavy atom. The minimum atomic E-state index is -0.143. The van der Waals surface area contributed by atoms with E-state index in [0.29, 0.717) is 4.99 Å². The van der Waals surface area contributed by atoms with Crippen LogP contribution in [0.2, 0.25) is 0 Å². The van der Waals surface area contributed by atoms with Crippen LogP contribution in [0.5, 0.6) is 0 Å². The molecule has 4 heteroatoms. The number of thiocarbonyl (C=S) groups is 1. The molecule has 0 aliphatic carbocycles. The van der Waals surface area contributed by atoms with Crippen LogP contribution in [-0.2, 0) is 0 Å². The Morgan fingerprint density at radius 1 is 1.17 bits per heavy atom. The van der Waals surface area contributed by atoms with Crippen molar-refractivity contribution >= 4 is 17.2 Å². The highest BCUT2D eigenvalue weighted by Gasteiger charge is 2.32. The molecule has 0 spiro atoms. The predicted molar refractivity (Wildman–Crippen MR) is 82.9 cm³/mol. The third-order valence-corrected chi connectivity index (χ3v) is 4.94. The smallest absolute Gasteiger partial charge is 0.0928 e. The van der Waals surface area contributed by atoms with Crippen molar-refractivity contribution in [3.8, 4) is 0 Å². The molecule has 0 atom stereocenters. The monoisotopic (exact) mass is 271 g/mol. The maximum absolute atomic E-state index is 5.84. The molecule has 0 aromatic carbocycles. The lowest BCUT2D eigenvalue weighted by Gasteiger charge is -2.44. The van der Waals surface area contributed by atoms with Crippen molar-refractivity contribution in [2.45, 2.75) is 46.1 Å². The Hall–Kier alpha value is -0.190. The summed E-state index contributed by atoms with van der Waals surface area (Å²) in [5, 5.41) is 0. The van der Waals surface area contributed by atoms with Gasteiger partial charge in [0.25, 0.3) is 0 Å². The number of hydrogen-bond donors (Lipinski definition) is 1. The van der Waals surface area contributed by atoms with Gasteiger partial charge in [0, 0.05) is 32.7 Å². The van der Waals surface area contributed by atoms with Crippen LogP contribution in [0.1, 0.15) is 40.5 Å². The Kier molecular flexibility index (Phi) is 6.02. The van der Waals surface area contributed by atoms with Crippen molar-refractivity contribution in [3.05, 3.63) is 0 Å². The van der Waals surface area contributed by atoms with E-state index in [9.17, 15) is 0 Å². The molecule has 106 valence electrons. The van der Waals surface area contributed by atoms with Gasteiger partial charge in [0.1, 0.15) is 0 Å². The van der Waals surface area contributed by atoms with Crippen LogP contribution < -0.4 is 5.73 Å². The second kappa shape index (κ2) is 6.83. The molecule has 3 nitrogen and oxygen atoms in total. The molecule has 18 heavy (non-hydrogen) atoms. The van der Waals surface area contributed by atoms with E-state index in [1.165, 1.54) is 19.4 Å². The van der Waals surface area contributed by atoms with E-state index >= 15 is 0 Å². The van der Waals surface area contributed by atoms with Crippen LogP contribution in [0, 0.1) is 5.92 Å². The van der Waals surface area contributed by atoms with Gasteiger partial charge in [-0.2, -0.15) is 0 Å². The largest absolute Gasteiger partial charge is 0.392 e. The Bertz CT molecular complexity index is 266. The fraction of sp³-hybridized carbons (Fsp3) is 0.929. The minimum absolute atomic E-state index is 0.143. The first-order valence-corrected chi connectivity index (χ1v) is 7.59. The SMILES string of the molecule is CCC(CC)CN1CCN(C(C)(C)C(N)=S)CC1. The average molecular weight is 271 g/mol. The molecule has 1 rings (SSSR count). The third kappa shape index (κ3) is 3.90. The second-order valence-electron chi connectivity index (χ2n) is 5.89. The molecule has 0 bridgehead atoms. The van der Waals surface area contributed by atoms with Gasteiger partial charge in [-0.25, -0.2) is 0 Å². The lowest BCUT2D eigenvalue weighted by Crippen LogP contribution is -2.59. The number of piperazine rings is 1. The summed E-state index contributed by atoms with van der Waals surface area (Å²) < 4.78 is 0. The quantitative estimate of drug-likeness (QED) is 0.750. The third-order valence-electron chi connectivity index (χ3n) is 4.44. The fourth-order valence-corrected chi connectivity index (χ4v) is 2.69. The molecule has 1 saturated heterocycles. The molecule has 0 aromatic rings. The maximum atomic E-state index is 5.84. The zero-order valence-electron chi connectivity index (χ0n) is 12.4. The molecule has 0 unspecified atom stereocenters. The van der Waals surface area contributed by atoms with Gasteiger partial charge in [-0.3, -0.25) is 4.90 Å². The van der Waals surface area contributed by atoms with Gasteiger partial charge in [0.05, 0.1) is 10.5 Å². The lowest BCUT2D eigenvalue weighted by molar-refractivity contribution is 0.0759. The van der Waals surface area contributed by atoms with E-state index in [0.717, 1.165) is 32.1 Å². The van der Waals surface area contributed by atoms with E-state index in [4.69, 9.17) is 18.0 Å². The summed E-state index contributed by atoms with van der Waals surface area (Å²) in [5.41, 5.74) is 5.69. The van der Waals surface area contributed by atoms with Gasteiger partial charge < -0.3 is 10.6 Å². The van der Waals surface area contributed by atoms with Gasteiger partial charge in [-0.1, -0.05) is 38.9 Å². The molecule has 0 saturated carbocycles. The van der Waals surface area contributed by atoms with E-state index in [-0.39, 0.29) is 5.54 Å². The number of rotatable bonds is 6. The van der Waals surface area contributed by atoms with E-state index in [1.54, 1.807) is 0 Å². The summed E-state index contributed by atoms with van der Waals surface area (Å²) in [6.07, 6.45) is 2.57. The molecule has 0 amide bonds. The van der Waals surface area contributed by atoms with Crippen molar-refractivity contribution in [1.29, 1.82) is 0 Å². The van der Waals surface area contributed by atoms with E-state index in [1.807, 2.05) is 0 Å². The van der Waals surface area contributed by atoms with Gasteiger partial charge >= 0.3 is 0 Å². The van der Waals surface area contributed by atoms with Gasteiger partial charge in [0.15, 0.2) is 0 Å². The highest BCUT2D eigenvalue weighted by Crippen LogP contribution is 2.19. The molecule has 1 heterocycles. The molecule has 1 aliphatic heterocycles. The second-order valence-corrected chi connectivity index (χ2v) is 6.33. The van der Waals surface area contributed by atoms with Gasteiger partial charge in [-0.15, -0.1) is 0 Å². The molecule has 1 aliphatic rings.